The Morgan fingerprint density at radius 2 is 1.79 bits per heavy atom. The fraction of sp³-hybridized carbons (Fsp3) is 0.333. The van der Waals surface area contributed by atoms with E-state index in [4.69, 9.17) is 0 Å². The molecule has 0 atom stereocenters. The number of nitrogens with zero attached hydrogens (tertiary/aromatic N) is 1. The molecule has 0 aliphatic carbocycles. The molecule has 0 saturated carbocycles. The second-order valence-electron chi connectivity index (χ2n) is 7.96. The zero-order valence-corrected chi connectivity index (χ0v) is 17.5. The smallest absolute Gasteiger partial charge is 0.264 e. The number of nitrogens with one attached hydrogen (secondary N) is 2. The number of amides is 2. The predicted molar refractivity (Wildman–Crippen MR) is 111 cm³/mol. The third-order valence-electron chi connectivity index (χ3n) is 4.45. The van der Waals surface area contributed by atoms with Crippen molar-refractivity contribution in [3.8, 4) is 0 Å². The third-order valence-corrected chi connectivity index (χ3v) is 6.26. The highest BCUT2D eigenvalue weighted by Crippen LogP contribution is 2.32. The van der Waals surface area contributed by atoms with Crippen molar-refractivity contribution in [2.45, 2.75) is 37.6 Å². The van der Waals surface area contributed by atoms with Crippen molar-refractivity contribution in [2.75, 3.05) is 17.4 Å². The molecule has 0 fully saturated rings. The summed E-state index contributed by atoms with van der Waals surface area (Å²) in [6.45, 7) is 5.71. The van der Waals surface area contributed by atoms with Gasteiger partial charge in [-0.2, -0.15) is 0 Å². The van der Waals surface area contributed by atoms with Gasteiger partial charge in [-0.1, -0.05) is 24.3 Å². The van der Waals surface area contributed by atoms with E-state index in [1.165, 1.54) is 28.6 Å². The quantitative estimate of drug-likeness (QED) is 0.782. The van der Waals surface area contributed by atoms with Gasteiger partial charge in [-0.05, 0) is 57.0 Å². The summed E-state index contributed by atoms with van der Waals surface area (Å²) in [7, 11) is -3.79. The standard InChI is InChI=1S/C21H25N3O4S/c1-21(2,3)23-19(25)14-22-20(26)16-8-6-9-17(13-16)29(27,28)24-12-11-15-7-4-5-10-18(15)24/h4-10,13H,11-12,14H2,1-3H3,(H,22,26)(H,23,25). The summed E-state index contributed by atoms with van der Waals surface area (Å²) in [5, 5.41) is 5.28. The number of carbonyl (C=O) groups is 2. The average Bonchev–Trinajstić information content (AvgIpc) is 3.10. The van der Waals surface area contributed by atoms with Crippen LogP contribution in [0.3, 0.4) is 0 Å². The molecule has 2 aromatic carbocycles. The Hall–Kier alpha value is -2.87. The number of hydrogen-bond donors (Lipinski definition) is 2. The van der Waals surface area contributed by atoms with Gasteiger partial charge in [0, 0.05) is 17.6 Å². The first kappa shape index (κ1) is 20.9. The Morgan fingerprint density at radius 1 is 1.07 bits per heavy atom. The second-order valence-corrected chi connectivity index (χ2v) is 9.83. The topological polar surface area (TPSA) is 95.6 Å². The average molecular weight is 416 g/mol. The molecule has 2 aromatic rings. The van der Waals surface area contributed by atoms with E-state index < -0.39 is 21.5 Å². The van der Waals surface area contributed by atoms with Crippen LogP contribution in [-0.2, 0) is 21.2 Å². The third kappa shape index (κ3) is 4.76. The lowest BCUT2D eigenvalue weighted by atomic mass is 10.1. The molecule has 0 bridgehead atoms. The Kier molecular flexibility index (Phi) is 5.66. The van der Waals surface area contributed by atoms with Gasteiger partial charge in [0.1, 0.15) is 0 Å². The molecule has 8 heteroatoms. The van der Waals surface area contributed by atoms with Crippen molar-refractivity contribution < 1.29 is 18.0 Å². The maximum absolute atomic E-state index is 13.1. The Balaban J connectivity index is 1.76. The minimum absolute atomic E-state index is 0.0426. The predicted octanol–water partition coefficient (Wildman–Crippen LogP) is 2.08. The molecule has 7 nitrogen and oxygen atoms in total. The number of benzene rings is 2. The summed E-state index contributed by atoms with van der Waals surface area (Å²) < 4.78 is 27.6. The largest absolute Gasteiger partial charge is 0.350 e. The molecule has 1 aliphatic heterocycles. The van der Waals surface area contributed by atoms with E-state index in [2.05, 4.69) is 10.6 Å². The number of hydrogen-bond acceptors (Lipinski definition) is 4. The fourth-order valence-corrected chi connectivity index (χ4v) is 4.76. The van der Waals surface area contributed by atoms with E-state index in [0.29, 0.717) is 18.7 Å². The number of carbonyl (C=O) groups excluding carboxylic acids is 2. The first-order chi connectivity index (χ1) is 13.6. The van der Waals surface area contributed by atoms with Crippen molar-refractivity contribution in [2.24, 2.45) is 0 Å². The number of rotatable bonds is 5. The zero-order valence-electron chi connectivity index (χ0n) is 16.7. The van der Waals surface area contributed by atoms with Crippen molar-refractivity contribution in [3.05, 3.63) is 59.7 Å². The number of fused-ring (bicyclic) bond motifs is 1. The van der Waals surface area contributed by atoms with Gasteiger partial charge in [0.15, 0.2) is 0 Å². The molecule has 154 valence electrons. The van der Waals surface area contributed by atoms with Gasteiger partial charge in [0.2, 0.25) is 5.91 Å². The summed E-state index contributed by atoms with van der Waals surface area (Å²) in [6, 6.07) is 13.2. The molecule has 2 amide bonds. The maximum atomic E-state index is 13.1. The van der Waals surface area contributed by atoms with E-state index in [9.17, 15) is 18.0 Å². The number of sulfonamides is 1. The van der Waals surface area contributed by atoms with Crippen LogP contribution in [0.5, 0.6) is 0 Å². The van der Waals surface area contributed by atoms with Gasteiger partial charge in [-0.3, -0.25) is 13.9 Å². The van der Waals surface area contributed by atoms with Crippen LogP contribution in [0.15, 0.2) is 53.4 Å². The van der Waals surface area contributed by atoms with Gasteiger partial charge < -0.3 is 10.6 Å². The summed E-state index contributed by atoms with van der Waals surface area (Å²) in [5.41, 5.74) is 1.43. The highest BCUT2D eigenvalue weighted by atomic mass is 32.2. The molecule has 0 spiro atoms. The van der Waals surface area contributed by atoms with Crippen LogP contribution in [0, 0.1) is 0 Å². The SMILES string of the molecule is CC(C)(C)NC(=O)CNC(=O)c1cccc(S(=O)(=O)N2CCc3ccccc32)c1. The van der Waals surface area contributed by atoms with Crippen molar-refractivity contribution in [1.82, 2.24) is 10.6 Å². The van der Waals surface area contributed by atoms with Crippen LogP contribution in [0.25, 0.3) is 0 Å². The lowest BCUT2D eigenvalue weighted by Gasteiger charge is -2.21. The van der Waals surface area contributed by atoms with Crippen LogP contribution >= 0.6 is 0 Å². The van der Waals surface area contributed by atoms with E-state index in [-0.39, 0.29) is 22.9 Å². The number of para-hydroxylation sites is 1. The molecule has 0 saturated heterocycles. The van der Waals surface area contributed by atoms with Crippen LogP contribution < -0.4 is 14.9 Å². The summed E-state index contributed by atoms with van der Waals surface area (Å²) in [6.07, 6.45) is 0.651. The molecule has 1 heterocycles. The fourth-order valence-electron chi connectivity index (χ4n) is 3.21. The highest BCUT2D eigenvalue weighted by molar-refractivity contribution is 7.92. The lowest BCUT2D eigenvalue weighted by Crippen LogP contribution is -2.45. The molecular formula is C21H25N3O4S. The monoisotopic (exact) mass is 415 g/mol. The Bertz CT molecular complexity index is 1040. The lowest BCUT2D eigenvalue weighted by molar-refractivity contribution is -0.121. The van der Waals surface area contributed by atoms with Crippen LogP contribution in [0.2, 0.25) is 0 Å². The molecule has 1 aliphatic rings. The van der Waals surface area contributed by atoms with Crippen molar-refractivity contribution in [1.29, 1.82) is 0 Å². The molecule has 0 radical (unpaired) electrons. The molecule has 2 N–H and O–H groups in total. The number of anilines is 1. The summed E-state index contributed by atoms with van der Waals surface area (Å²) in [5.74, 6) is -0.823. The van der Waals surface area contributed by atoms with E-state index >= 15 is 0 Å². The summed E-state index contributed by atoms with van der Waals surface area (Å²) >= 11 is 0. The highest BCUT2D eigenvalue weighted by Gasteiger charge is 2.31. The van der Waals surface area contributed by atoms with Gasteiger partial charge >= 0.3 is 0 Å². The second kappa shape index (κ2) is 7.87. The molecule has 29 heavy (non-hydrogen) atoms. The summed E-state index contributed by atoms with van der Waals surface area (Å²) in [4.78, 5) is 24.3. The molecular weight excluding hydrogens is 390 g/mol. The van der Waals surface area contributed by atoms with Gasteiger partial charge in [0.05, 0.1) is 17.1 Å². The minimum atomic E-state index is -3.79. The van der Waals surface area contributed by atoms with E-state index in [0.717, 1.165) is 5.56 Å². The molecule has 3 rings (SSSR count). The van der Waals surface area contributed by atoms with Crippen molar-refractivity contribution in [3.63, 3.8) is 0 Å². The van der Waals surface area contributed by atoms with Gasteiger partial charge in [-0.25, -0.2) is 8.42 Å². The Morgan fingerprint density at radius 3 is 2.52 bits per heavy atom. The Labute approximate surface area is 171 Å². The van der Waals surface area contributed by atoms with Gasteiger partial charge in [-0.15, -0.1) is 0 Å². The minimum Gasteiger partial charge on any atom is -0.350 e. The van der Waals surface area contributed by atoms with Crippen LogP contribution in [0.4, 0.5) is 5.69 Å². The van der Waals surface area contributed by atoms with E-state index in [1.54, 1.807) is 12.1 Å². The van der Waals surface area contributed by atoms with Crippen molar-refractivity contribution >= 4 is 27.5 Å². The van der Waals surface area contributed by atoms with Gasteiger partial charge in [0.25, 0.3) is 15.9 Å². The molecule has 0 unspecified atom stereocenters. The zero-order chi connectivity index (χ0) is 21.2. The van der Waals surface area contributed by atoms with Crippen LogP contribution in [-0.4, -0.2) is 38.9 Å². The normalized spacial score (nSPS) is 13.7. The first-order valence-corrected chi connectivity index (χ1v) is 10.8. The van der Waals surface area contributed by atoms with Crippen LogP contribution in [0.1, 0.15) is 36.7 Å². The first-order valence-electron chi connectivity index (χ1n) is 9.38. The van der Waals surface area contributed by atoms with E-state index in [1.807, 2.05) is 32.9 Å². The molecule has 0 aromatic heterocycles. The maximum Gasteiger partial charge on any atom is 0.264 e.